The molecule has 0 unspecified atom stereocenters. The van der Waals surface area contributed by atoms with Gasteiger partial charge < -0.3 is 9.67 Å². The van der Waals surface area contributed by atoms with Crippen molar-refractivity contribution in [2.45, 2.75) is 12.5 Å². The molecule has 0 saturated carbocycles. The molecule has 1 heterocycles. The lowest BCUT2D eigenvalue weighted by Crippen LogP contribution is -2.32. The van der Waals surface area contributed by atoms with Gasteiger partial charge in [0.15, 0.2) is 0 Å². The SMILES string of the molecule is Cn1cc(C[C@@H](NCl)C(=O)O)c2ccccc21. The molecular weight excluding hydrogens is 240 g/mol. The molecule has 90 valence electrons. The van der Waals surface area contributed by atoms with E-state index in [0.717, 1.165) is 16.5 Å². The summed E-state index contributed by atoms with van der Waals surface area (Å²) in [6.07, 6.45) is 2.30. The van der Waals surface area contributed by atoms with Crippen LogP contribution in [-0.4, -0.2) is 21.7 Å². The third-order valence-corrected chi connectivity index (χ3v) is 3.10. The van der Waals surface area contributed by atoms with Crippen molar-refractivity contribution in [3.8, 4) is 0 Å². The van der Waals surface area contributed by atoms with E-state index in [2.05, 4.69) is 4.84 Å². The molecule has 17 heavy (non-hydrogen) atoms. The number of rotatable bonds is 4. The number of benzene rings is 1. The molecule has 2 aromatic rings. The molecule has 0 bridgehead atoms. The molecule has 1 atom stereocenters. The fourth-order valence-corrected chi connectivity index (χ4v) is 2.15. The van der Waals surface area contributed by atoms with Crippen LogP contribution in [0.1, 0.15) is 5.56 Å². The Kier molecular flexibility index (Phi) is 3.36. The Morgan fingerprint density at radius 2 is 2.24 bits per heavy atom. The van der Waals surface area contributed by atoms with E-state index in [1.54, 1.807) is 0 Å². The van der Waals surface area contributed by atoms with E-state index in [-0.39, 0.29) is 0 Å². The molecule has 0 amide bonds. The second kappa shape index (κ2) is 4.77. The smallest absolute Gasteiger partial charge is 0.322 e. The van der Waals surface area contributed by atoms with E-state index in [1.807, 2.05) is 42.1 Å². The van der Waals surface area contributed by atoms with Crippen LogP contribution in [0.15, 0.2) is 30.5 Å². The molecule has 0 saturated heterocycles. The van der Waals surface area contributed by atoms with Crippen molar-refractivity contribution in [1.29, 1.82) is 0 Å². The van der Waals surface area contributed by atoms with Gasteiger partial charge in [0.05, 0.1) is 0 Å². The lowest BCUT2D eigenvalue weighted by atomic mass is 10.1. The number of hydrogen-bond donors (Lipinski definition) is 2. The normalized spacial score (nSPS) is 12.8. The molecule has 1 aromatic heterocycles. The van der Waals surface area contributed by atoms with Gasteiger partial charge in [-0.1, -0.05) is 18.2 Å². The Morgan fingerprint density at radius 1 is 1.53 bits per heavy atom. The second-order valence-corrected chi connectivity index (χ2v) is 4.20. The number of carbonyl (C=O) groups is 1. The van der Waals surface area contributed by atoms with E-state index < -0.39 is 12.0 Å². The zero-order chi connectivity index (χ0) is 12.4. The highest BCUT2D eigenvalue weighted by Gasteiger charge is 2.18. The van der Waals surface area contributed by atoms with E-state index in [0.29, 0.717) is 6.42 Å². The van der Waals surface area contributed by atoms with Gasteiger partial charge in [0, 0.05) is 30.6 Å². The van der Waals surface area contributed by atoms with Crippen molar-refractivity contribution in [3.63, 3.8) is 0 Å². The Balaban J connectivity index is 2.39. The van der Waals surface area contributed by atoms with E-state index in [1.165, 1.54) is 0 Å². The Labute approximate surface area is 104 Å². The molecule has 0 aliphatic carbocycles. The van der Waals surface area contributed by atoms with Gasteiger partial charge in [-0.15, -0.1) is 0 Å². The van der Waals surface area contributed by atoms with Gasteiger partial charge in [-0.25, -0.2) is 4.84 Å². The zero-order valence-electron chi connectivity index (χ0n) is 9.35. The number of carboxylic acid groups (broad SMARTS) is 1. The van der Waals surface area contributed by atoms with Gasteiger partial charge in [0.1, 0.15) is 6.04 Å². The highest BCUT2D eigenvalue weighted by atomic mass is 35.5. The van der Waals surface area contributed by atoms with Crippen molar-refractivity contribution < 1.29 is 9.90 Å². The quantitative estimate of drug-likeness (QED) is 0.818. The summed E-state index contributed by atoms with van der Waals surface area (Å²) < 4.78 is 1.98. The minimum Gasteiger partial charge on any atom is -0.480 e. The molecular formula is C12H13ClN2O2. The Morgan fingerprint density at radius 3 is 2.88 bits per heavy atom. The van der Waals surface area contributed by atoms with Crippen LogP contribution in [0.4, 0.5) is 0 Å². The molecule has 0 aliphatic heterocycles. The van der Waals surface area contributed by atoms with Gasteiger partial charge >= 0.3 is 5.97 Å². The summed E-state index contributed by atoms with van der Waals surface area (Å²) in [4.78, 5) is 13.2. The molecule has 0 radical (unpaired) electrons. The molecule has 0 aliphatic rings. The van der Waals surface area contributed by atoms with Crippen molar-refractivity contribution in [2.75, 3.05) is 0 Å². The highest BCUT2D eigenvalue weighted by molar-refractivity contribution is 6.14. The van der Waals surface area contributed by atoms with Crippen molar-refractivity contribution in [2.24, 2.45) is 7.05 Å². The number of nitrogens with zero attached hydrogens (tertiary/aromatic N) is 1. The van der Waals surface area contributed by atoms with Crippen LogP contribution in [0.25, 0.3) is 10.9 Å². The number of aryl methyl sites for hydroxylation is 1. The van der Waals surface area contributed by atoms with Gasteiger partial charge in [-0.3, -0.25) is 4.79 Å². The maximum Gasteiger partial charge on any atom is 0.322 e. The van der Waals surface area contributed by atoms with Crippen LogP contribution < -0.4 is 4.84 Å². The molecule has 4 nitrogen and oxygen atoms in total. The van der Waals surface area contributed by atoms with Crippen LogP contribution in [0.3, 0.4) is 0 Å². The predicted molar refractivity (Wildman–Crippen MR) is 67.0 cm³/mol. The standard InChI is InChI=1S/C12H13ClN2O2/c1-15-7-8(6-10(14-13)12(16)17)9-4-2-3-5-11(9)15/h2-5,7,10,14H,6H2,1H3,(H,16,17)/t10-/m1/s1. The number of hydrogen-bond acceptors (Lipinski definition) is 2. The minimum atomic E-state index is -0.951. The Hall–Kier alpha value is -1.52. The zero-order valence-corrected chi connectivity index (χ0v) is 10.1. The van der Waals surface area contributed by atoms with Crippen LogP contribution in [0.2, 0.25) is 0 Å². The number of halogens is 1. The molecule has 5 heteroatoms. The summed E-state index contributed by atoms with van der Waals surface area (Å²) in [7, 11) is 1.94. The van der Waals surface area contributed by atoms with Crippen LogP contribution in [-0.2, 0) is 18.3 Å². The minimum absolute atomic E-state index is 0.361. The van der Waals surface area contributed by atoms with Crippen LogP contribution in [0, 0.1) is 0 Å². The Bertz CT molecular complexity index is 550. The number of nitrogens with one attached hydrogen (secondary N) is 1. The van der Waals surface area contributed by atoms with Gasteiger partial charge in [-0.05, 0) is 23.4 Å². The maximum absolute atomic E-state index is 10.9. The van der Waals surface area contributed by atoms with Crippen molar-refractivity contribution in [1.82, 2.24) is 9.40 Å². The predicted octanol–water partition coefficient (Wildman–Crippen LogP) is 1.92. The summed E-state index contributed by atoms with van der Waals surface area (Å²) in [5.41, 5.74) is 2.06. The van der Waals surface area contributed by atoms with E-state index >= 15 is 0 Å². The molecule has 0 fully saturated rings. The average Bonchev–Trinajstić information content (AvgIpc) is 2.63. The van der Waals surface area contributed by atoms with Gasteiger partial charge in [-0.2, -0.15) is 0 Å². The summed E-state index contributed by atoms with van der Waals surface area (Å²) in [6.45, 7) is 0. The molecule has 2 rings (SSSR count). The first-order valence-corrected chi connectivity index (χ1v) is 5.63. The fraction of sp³-hybridized carbons (Fsp3) is 0.250. The number of aliphatic carboxylic acids is 1. The third kappa shape index (κ3) is 2.28. The average molecular weight is 253 g/mol. The first kappa shape index (κ1) is 12.0. The fourth-order valence-electron chi connectivity index (χ4n) is 1.98. The summed E-state index contributed by atoms with van der Waals surface area (Å²) in [5.74, 6) is -0.951. The van der Waals surface area contributed by atoms with Gasteiger partial charge in [0.2, 0.25) is 0 Å². The van der Waals surface area contributed by atoms with Crippen molar-refractivity contribution in [3.05, 3.63) is 36.0 Å². The van der Waals surface area contributed by atoms with Crippen molar-refractivity contribution >= 4 is 28.6 Å². The highest BCUT2D eigenvalue weighted by Crippen LogP contribution is 2.21. The first-order valence-electron chi connectivity index (χ1n) is 5.25. The number of fused-ring (bicyclic) bond motifs is 1. The molecule has 1 aromatic carbocycles. The maximum atomic E-state index is 10.9. The lowest BCUT2D eigenvalue weighted by Gasteiger charge is -2.08. The molecule has 2 N–H and O–H groups in total. The van der Waals surface area contributed by atoms with Gasteiger partial charge in [0.25, 0.3) is 0 Å². The summed E-state index contributed by atoms with van der Waals surface area (Å²) in [6, 6.07) is 7.11. The second-order valence-electron chi connectivity index (χ2n) is 3.99. The number of para-hydroxylation sites is 1. The van der Waals surface area contributed by atoms with Crippen LogP contribution in [0.5, 0.6) is 0 Å². The number of carboxylic acids is 1. The monoisotopic (exact) mass is 252 g/mol. The largest absolute Gasteiger partial charge is 0.480 e. The number of aromatic nitrogens is 1. The third-order valence-electron chi connectivity index (χ3n) is 2.83. The molecule has 0 spiro atoms. The topological polar surface area (TPSA) is 54.3 Å². The van der Waals surface area contributed by atoms with Crippen LogP contribution >= 0.6 is 11.8 Å². The van der Waals surface area contributed by atoms with E-state index in [9.17, 15) is 4.79 Å². The lowest BCUT2D eigenvalue weighted by molar-refractivity contribution is -0.138. The van der Waals surface area contributed by atoms with E-state index in [4.69, 9.17) is 16.9 Å². The first-order chi connectivity index (χ1) is 8.13. The summed E-state index contributed by atoms with van der Waals surface area (Å²) >= 11 is 5.43. The summed E-state index contributed by atoms with van der Waals surface area (Å²) in [5, 5.41) is 10.0.